The summed E-state index contributed by atoms with van der Waals surface area (Å²) >= 11 is 0. The molecule has 2 rings (SSSR count). The first-order valence-corrected chi connectivity index (χ1v) is 5.02. The molecule has 2 N–H and O–H groups in total. The minimum absolute atomic E-state index is 0.273. The van der Waals surface area contributed by atoms with Crippen LogP contribution in [0.1, 0.15) is 10.4 Å². The molecule has 0 aliphatic heterocycles. The van der Waals surface area contributed by atoms with Crippen LogP contribution in [-0.4, -0.2) is 27.9 Å². The minimum Gasteiger partial charge on any atom is -0.373 e. The summed E-state index contributed by atoms with van der Waals surface area (Å²) in [5, 5.41) is 5.45. The van der Waals surface area contributed by atoms with E-state index < -0.39 is 0 Å². The third kappa shape index (κ3) is 2.75. The molecule has 17 heavy (non-hydrogen) atoms. The molecule has 0 radical (unpaired) electrons. The molecule has 0 fully saturated rings. The van der Waals surface area contributed by atoms with Gasteiger partial charge in [0, 0.05) is 25.6 Å². The van der Waals surface area contributed by atoms with Crippen LogP contribution in [0.3, 0.4) is 0 Å². The van der Waals surface area contributed by atoms with E-state index in [1.54, 1.807) is 37.6 Å². The Hall–Kier alpha value is -2.50. The number of hydrogen-bond donors (Lipinski definition) is 2. The van der Waals surface area contributed by atoms with E-state index in [4.69, 9.17) is 0 Å². The monoisotopic (exact) mass is 229 g/mol. The van der Waals surface area contributed by atoms with Crippen LogP contribution in [0.5, 0.6) is 0 Å². The van der Waals surface area contributed by atoms with Crippen LogP contribution in [0.4, 0.5) is 11.8 Å². The number of nitrogens with one attached hydrogen (secondary N) is 2. The molecule has 0 unspecified atom stereocenters. The van der Waals surface area contributed by atoms with Crippen molar-refractivity contribution in [3.05, 3.63) is 42.4 Å². The summed E-state index contributed by atoms with van der Waals surface area (Å²) in [6.45, 7) is 0. The number of amides is 1. The molecule has 0 aromatic carbocycles. The van der Waals surface area contributed by atoms with Crippen molar-refractivity contribution in [2.24, 2.45) is 0 Å². The predicted octanol–water partition coefficient (Wildman–Crippen LogP) is 1.17. The Bertz CT molecular complexity index is 497. The van der Waals surface area contributed by atoms with Crippen LogP contribution in [0, 0.1) is 0 Å². The Morgan fingerprint density at radius 3 is 2.53 bits per heavy atom. The maximum atomic E-state index is 11.8. The van der Waals surface area contributed by atoms with Crippen molar-refractivity contribution in [1.82, 2.24) is 15.0 Å². The van der Waals surface area contributed by atoms with Crippen molar-refractivity contribution in [2.75, 3.05) is 17.7 Å². The summed E-state index contributed by atoms with van der Waals surface area (Å²) in [5.74, 6) is 0.694. The van der Waals surface area contributed by atoms with Crippen LogP contribution < -0.4 is 10.6 Å². The Morgan fingerprint density at radius 1 is 1.18 bits per heavy atom. The first-order valence-electron chi connectivity index (χ1n) is 5.02. The highest BCUT2D eigenvalue weighted by molar-refractivity contribution is 6.03. The lowest BCUT2D eigenvalue weighted by Crippen LogP contribution is -2.14. The smallest absolute Gasteiger partial charge is 0.259 e. The SMILES string of the molecule is CNc1ccc(C(=O)Nc2ncccn2)cn1. The molecule has 0 spiro atoms. The third-order valence-electron chi connectivity index (χ3n) is 2.07. The van der Waals surface area contributed by atoms with E-state index in [9.17, 15) is 4.79 Å². The highest BCUT2D eigenvalue weighted by Gasteiger charge is 2.07. The van der Waals surface area contributed by atoms with Gasteiger partial charge in [-0.05, 0) is 18.2 Å². The summed E-state index contributed by atoms with van der Waals surface area (Å²) in [6, 6.07) is 5.08. The Morgan fingerprint density at radius 2 is 1.94 bits per heavy atom. The van der Waals surface area contributed by atoms with Gasteiger partial charge in [0.05, 0.1) is 5.56 Å². The number of nitrogens with zero attached hydrogens (tertiary/aromatic N) is 3. The predicted molar refractivity (Wildman–Crippen MR) is 63.8 cm³/mol. The molecule has 0 bridgehead atoms. The van der Waals surface area contributed by atoms with Gasteiger partial charge in [-0.1, -0.05) is 0 Å². The van der Waals surface area contributed by atoms with Crippen molar-refractivity contribution < 1.29 is 4.79 Å². The van der Waals surface area contributed by atoms with Gasteiger partial charge in [-0.25, -0.2) is 15.0 Å². The molecule has 1 amide bonds. The van der Waals surface area contributed by atoms with Gasteiger partial charge in [-0.3, -0.25) is 10.1 Å². The quantitative estimate of drug-likeness (QED) is 0.825. The summed E-state index contributed by atoms with van der Waals surface area (Å²) < 4.78 is 0. The first-order chi connectivity index (χ1) is 8.29. The van der Waals surface area contributed by atoms with Gasteiger partial charge in [0.1, 0.15) is 5.82 Å². The third-order valence-corrected chi connectivity index (χ3v) is 2.07. The average Bonchev–Trinajstić information content (AvgIpc) is 2.40. The highest BCUT2D eigenvalue weighted by atomic mass is 16.1. The maximum Gasteiger partial charge on any atom is 0.259 e. The number of carbonyl (C=O) groups is 1. The zero-order chi connectivity index (χ0) is 12.1. The van der Waals surface area contributed by atoms with E-state index >= 15 is 0 Å². The van der Waals surface area contributed by atoms with Gasteiger partial charge in [0.15, 0.2) is 0 Å². The number of pyridine rings is 1. The number of hydrogen-bond acceptors (Lipinski definition) is 5. The fraction of sp³-hybridized carbons (Fsp3) is 0.0909. The molecule has 6 nitrogen and oxygen atoms in total. The zero-order valence-corrected chi connectivity index (χ0v) is 9.21. The lowest BCUT2D eigenvalue weighted by molar-refractivity contribution is 0.102. The lowest BCUT2D eigenvalue weighted by atomic mass is 10.2. The molecule has 2 aromatic heterocycles. The molecule has 0 saturated heterocycles. The second-order valence-corrected chi connectivity index (χ2v) is 3.21. The van der Waals surface area contributed by atoms with Crippen molar-refractivity contribution in [3.8, 4) is 0 Å². The zero-order valence-electron chi connectivity index (χ0n) is 9.21. The van der Waals surface area contributed by atoms with Gasteiger partial charge in [-0.2, -0.15) is 0 Å². The van der Waals surface area contributed by atoms with E-state index in [0.717, 1.165) is 0 Å². The van der Waals surface area contributed by atoms with Crippen LogP contribution >= 0.6 is 0 Å². The number of rotatable bonds is 3. The normalized spacial score (nSPS) is 9.71. The van der Waals surface area contributed by atoms with Crippen molar-refractivity contribution in [3.63, 3.8) is 0 Å². The Labute approximate surface area is 98.1 Å². The topological polar surface area (TPSA) is 79.8 Å². The molecule has 6 heteroatoms. The largest absolute Gasteiger partial charge is 0.373 e. The molecule has 0 aliphatic carbocycles. The summed E-state index contributed by atoms with van der Waals surface area (Å²) in [6.07, 6.45) is 4.61. The second kappa shape index (κ2) is 5.02. The van der Waals surface area contributed by atoms with Crippen molar-refractivity contribution in [1.29, 1.82) is 0 Å². The molecule has 86 valence electrons. The Kier molecular flexibility index (Phi) is 3.25. The van der Waals surface area contributed by atoms with Gasteiger partial charge in [0.25, 0.3) is 5.91 Å². The number of aromatic nitrogens is 3. The fourth-order valence-corrected chi connectivity index (χ4v) is 1.21. The molecular formula is C11H11N5O. The van der Waals surface area contributed by atoms with E-state index in [-0.39, 0.29) is 11.9 Å². The summed E-state index contributed by atoms with van der Waals surface area (Å²) in [7, 11) is 1.76. The second-order valence-electron chi connectivity index (χ2n) is 3.21. The van der Waals surface area contributed by atoms with Gasteiger partial charge >= 0.3 is 0 Å². The summed E-state index contributed by atoms with van der Waals surface area (Å²) in [5.41, 5.74) is 0.455. The van der Waals surface area contributed by atoms with Gasteiger partial charge in [-0.15, -0.1) is 0 Å². The van der Waals surface area contributed by atoms with Crippen LogP contribution in [0.15, 0.2) is 36.8 Å². The fourth-order valence-electron chi connectivity index (χ4n) is 1.21. The lowest BCUT2D eigenvalue weighted by Gasteiger charge is -2.03. The molecule has 0 atom stereocenters. The van der Waals surface area contributed by atoms with Crippen LogP contribution in [0.2, 0.25) is 0 Å². The van der Waals surface area contributed by atoms with Gasteiger partial charge in [0.2, 0.25) is 5.95 Å². The highest BCUT2D eigenvalue weighted by Crippen LogP contribution is 2.06. The van der Waals surface area contributed by atoms with E-state index in [0.29, 0.717) is 11.4 Å². The molecule has 0 saturated carbocycles. The van der Waals surface area contributed by atoms with E-state index in [1.165, 1.54) is 6.20 Å². The maximum absolute atomic E-state index is 11.8. The van der Waals surface area contributed by atoms with E-state index in [2.05, 4.69) is 25.6 Å². The first kappa shape index (κ1) is 11.0. The molecule has 0 aliphatic rings. The standard InChI is InChI=1S/C11H11N5O/c1-12-9-4-3-8(7-15-9)10(17)16-11-13-5-2-6-14-11/h2-7H,1H3,(H,12,15)(H,13,14,16,17). The van der Waals surface area contributed by atoms with E-state index in [1.807, 2.05) is 0 Å². The minimum atomic E-state index is -0.286. The molecule has 2 heterocycles. The van der Waals surface area contributed by atoms with Gasteiger partial charge < -0.3 is 5.32 Å². The number of anilines is 2. The van der Waals surface area contributed by atoms with Crippen LogP contribution in [0.25, 0.3) is 0 Å². The van der Waals surface area contributed by atoms with Crippen molar-refractivity contribution >= 4 is 17.7 Å². The Balaban J connectivity index is 2.09. The van der Waals surface area contributed by atoms with Crippen LogP contribution in [-0.2, 0) is 0 Å². The van der Waals surface area contributed by atoms with Crippen molar-refractivity contribution in [2.45, 2.75) is 0 Å². The summed E-state index contributed by atoms with van der Waals surface area (Å²) in [4.78, 5) is 23.6. The average molecular weight is 229 g/mol. The number of carbonyl (C=O) groups excluding carboxylic acids is 1. The molecular weight excluding hydrogens is 218 g/mol. The molecule has 2 aromatic rings.